The highest BCUT2D eigenvalue weighted by atomic mass is 16.6. The first kappa shape index (κ1) is 42.3. The summed E-state index contributed by atoms with van der Waals surface area (Å²) in [6.07, 6.45) is 6.85. The van der Waals surface area contributed by atoms with Crippen LogP contribution in [0.25, 0.3) is 0 Å². The average molecular weight is 518 g/mol. The lowest BCUT2D eigenvalue weighted by Crippen LogP contribution is -2.44. The number of nitrogens with zero attached hydrogens (tertiary/aromatic N) is 3. The Morgan fingerprint density at radius 3 is 1.00 bits per heavy atom. The molecule has 3 heterocycles. The first-order chi connectivity index (χ1) is 16.2. The number of amides is 1. The lowest BCUT2D eigenvalue weighted by molar-refractivity contribution is 0.111. The van der Waals surface area contributed by atoms with Gasteiger partial charge in [-0.15, -0.1) is 0 Å². The van der Waals surface area contributed by atoms with Crippen LogP contribution in [0.3, 0.4) is 0 Å². The molecule has 0 atom stereocenters. The smallest absolute Gasteiger partial charge is 0.410 e. The van der Waals surface area contributed by atoms with Crippen LogP contribution >= 0.6 is 0 Å². The fraction of sp³-hybridized carbons (Fsp3) is 0.968. The fourth-order valence-corrected chi connectivity index (χ4v) is 3.96. The van der Waals surface area contributed by atoms with Crippen molar-refractivity contribution in [3.8, 4) is 0 Å². The van der Waals surface area contributed by atoms with Crippen molar-refractivity contribution >= 4 is 6.09 Å². The van der Waals surface area contributed by atoms with Gasteiger partial charge in [0.1, 0.15) is 6.61 Å². The largest absolute Gasteiger partial charge is 0.448 e. The van der Waals surface area contributed by atoms with Gasteiger partial charge in [0.15, 0.2) is 0 Å². The molecule has 0 spiro atoms. The number of likely N-dealkylation sites (tertiary alicyclic amines) is 2. The van der Waals surface area contributed by atoms with E-state index in [1.807, 2.05) is 62.3 Å². The maximum atomic E-state index is 10.9. The number of hydrogen-bond acceptors (Lipinski definition) is 4. The van der Waals surface area contributed by atoms with E-state index in [4.69, 9.17) is 4.74 Å². The van der Waals surface area contributed by atoms with E-state index in [0.29, 0.717) is 17.7 Å². The third kappa shape index (κ3) is 19.3. The molecule has 0 bridgehead atoms. The van der Waals surface area contributed by atoms with E-state index in [0.717, 1.165) is 6.54 Å². The number of carbonyl (C=O) groups is 1. The Balaban J connectivity index is -0.000000191. The number of rotatable bonds is 0. The van der Waals surface area contributed by atoms with Gasteiger partial charge in [0.25, 0.3) is 0 Å². The molecule has 0 radical (unpaired) electrons. The maximum absolute atomic E-state index is 10.9. The molecule has 36 heavy (non-hydrogen) atoms. The number of ether oxygens (including phenoxy) is 1. The highest BCUT2D eigenvalue weighted by Gasteiger charge is 2.31. The Morgan fingerprint density at radius 2 is 0.833 bits per heavy atom. The molecule has 0 aliphatic carbocycles. The monoisotopic (exact) mass is 518 g/mol. The van der Waals surface area contributed by atoms with E-state index in [1.165, 1.54) is 58.3 Å². The summed E-state index contributed by atoms with van der Waals surface area (Å²) < 4.78 is 4.78. The molecular weight excluding hydrogens is 446 g/mol. The molecule has 0 N–H and O–H groups in total. The lowest BCUT2D eigenvalue weighted by Gasteiger charge is -2.38. The van der Waals surface area contributed by atoms with Crippen molar-refractivity contribution < 1.29 is 9.53 Å². The minimum absolute atomic E-state index is 0. The summed E-state index contributed by atoms with van der Waals surface area (Å²) in [5, 5.41) is 0. The van der Waals surface area contributed by atoms with Crippen molar-refractivity contribution in [3.05, 3.63) is 0 Å². The molecule has 1 amide bonds. The van der Waals surface area contributed by atoms with Crippen LogP contribution in [-0.4, -0.2) is 76.7 Å². The molecule has 222 valence electrons. The predicted octanol–water partition coefficient (Wildman–Crippen LogP) is 9.10. The first-order valence-corrected chi connectivity index (χ1v) is 14.7. The Labute approximate surface area is 229 Å². The Morgan fingerprint density at radius 1 is 0.528 bits per heavy atom. The third-order valence-corrected chi connectivity index (χ3v) is 5.93. The summed E-state index contributed by atoms with van der Waals surface area (Å²) in [6, 6.07) is 0. The normalized spacial score (nSPS) is 18.1. The Hall–Kier alpha value is -0.810. The highest BCUT2D eigenvalue weighted by Crippen LogP contribution is 2.20. The molecular formula is C31H71N3O2. The van der Waals surface area contributed by atoms with Crippen LogP contribution in [0.4, 0.5) is 4.79 Å². The van der Waals surface area contributed by atoms with Crippen molar-refractivity contribution in [1.29, 1.82) is 0 Å². The van der Waals surface area contributed by atoms with Gasteiger partial charge in [-0.05, 0) is 114 Å². The molecule has 5 nitrogen and oxygen atoms in total. The summed E-state index contributed by atoms with van der Waals surface area (Å²) in [6.45, 7) is 38.3. The molecule has 0 aromatic heterocycles. The van der Waals surface area contributed by atoms with Gasteiger partial charge in [-0.2, -0.15) is 0 Å². The minimum Gasteiger partial charge on any atom is -0.448 e. The quantitative estimate of drug-likeness (QED) is 0.321. The summed E-state index contributed by atoms with van der Waals surface area (Å²) >= 11 is 0. The van der Waals surface area contributed by atoms with Crippen LogP contribution < -0.4 is 0 Å². The Bertz CT molecular complexity index is 476. The van der Waals surface area contributed by atoms with Gasteiger partial charge in [0.2, 0.25) is 0 Å². The van der Waals surface area contributed by atoms with E-state index < -0.39 is 0 Å². The summed E-state index contributed by atoms with van der Waals surface area (Å²) in [5.41, 5.74) is 0.727. The summed E-state index contributed by atoms with van der Waals surface area (Å²) in [7, 11) is 0. The molecule has 5 heteroatoms. The van der Waals surface area contributed by atoms with Crippen molar-refractivity contribution in [2.75, 3.05) is 39.3 Å². The molecule has 0 saturated carbocycles. The molecule has 3 aliphatic heterocycles. The molecule has 3 aliphatic rings. The second-order valence-corrected chi connectivity index (χ2v) is 11.5. The van der Waals surface area contributed by atoms with Gasteiger partial charge in [0.05, 0.1) is 6.54 Å². The SMILES string of the molecule is C.CC.CC.CC.CC(C)(C)N1CCCC1.CC(C)(C)N1CCCCC1.CC(C)(C)N1CCOC1=O. The fourth-order valence-electron chi connectivity index (χ4n) is 3.96. The minimum atomic E-state index is -0.187. The van der Waals surface area contributed by atoms with Gasteiger partial charge in [-0.1, -0.05) is 55.4 Å². The van der Waals surface area contributed by atoms with Crippen LogP contribution in [0.15, 0.2) is 0 Å². The van der Waals surface area contributed by atoms with E-state index in [-0.39, 0.29) is 19.1 Å². The molecule has 0 unspecified atom stereocenters. The average Bonchev–Trinajstić information content (AvgIpc) is 3.51. The number of piperidine rings is 1. The van der Waals surface area contributed by atoms with Gasteiger partial charge in [0, 0.05) is 16.6 Å². The third-order valence-electron chi connectivity index (χ3n) is 5.93. The maximum Gasteiger partial charge on any atom is 0.410 e. The van der Waals surface area contributed by atoms with Crippen LogP contribution in [0.1, 0.15) is 143 Å². The van der Waals surface area contributed by atoms with Crippen molar-refractivity contribution in [1.82, 2.24) is 14.7 Å². The standard InChI is InChI=1S/C9H19N.C8H17N.C7H13NO2.3C2H6.CH4/c1-9(2,3)10-7-5-4-6-8-10;1-8(2,3)9-6-4-5-7-9;1-7(2,3)8-4-5-10-6(8)9;3*1-2;/h4-8H2,1-3H3;4-7H2,1-3H3;4-5H2,1-3H3;3*1-2H3;1H4. The van der Waals surface area contributed by atoms with Gasteiger partial charge in [-0.3, -0.25) is 14.7 Å². The zero-order valence-electron chi connectivity index (χ0n) is 26.9. The molecule has 0 aromatic carbocycles. The van der Waals surface area contributed by atoms with Crippen LogP contribution in [0, 0.1) is 0 Å². The zero-order chi connectivity index (χ0) is 28.3. The molecule has 3 rings (SSSR count). The van der Waals surface area contributed by atoms with Gasteiger partial charge < -0.3 is 4.74 Å². The van der Waals surface area contributed by atoms with Crippen LogP contribution in [-0.2, 0) is 4.74 Å². The summed E-state index contributed by atoms with van der Waals surface area (Å²) in [4.78, 5) is 17.8. The van der Waals surface area contributed by atoms with Gasteiger partial charge in [-0.25, -0.2) is 4.79 Å². The summed E-state index contributed by atoms with van der Waals surface area (Å²) in [5.74, 6) is 0. The Kier molecular flexibility index (Phi) is 26.1. The highest BCUT2D eigenvalue weighted by molar-refractivity contribution is 5.70. The lowest BCUT2D eigenvalue weighted by atomic mass is 10.0. The number of carbonyl (C=O) groups excluding carboxylic acids is 1. The van der Waals surface area contributed by atoms with Crippen molar-refractivity contribution in [2.45, 2.75) is 160 Å². The molecule has 0 aromatic rings. The second-order valence-electron chi connectivity index (χ2n) is 11.5. The van der Waals surface area contributed by atoms with Crippen molar-refractivity contribution in [3.63, 3.8) is 0 Å². The van der Waals surface area contributed by atoms with Crippen LogP contribution in [0.5, 0.6) is 0 Å². The topological polar surface area (TPSA) is 36.0 Å². The van der Waals surface area contributed by atoms with E-state index in [1.54, 1.807) is 4.90 Å². The zero-order valence-corrected chi connectivity index (χ0v) is 26.9. The van der Waals surface area contributed by atoms with E-state index in [9.17, 15) is 4.79 Å². The second kappa shape index (κ2) is 22.2. The van der Waals surface area contributed by atoms with E-state index >= 15 is 0 Å². The first-order valence-electron chi connectivity index (χ1n) is 14.7. The molecule has 3 fully saturated rings. The molecule has 3 saturated heterocycles. The van der Waals surface area contributed by atoms with Gasteiger partial charge >= 0.3 is 6.09 Å². The van der Waals surface area contributed by atoms with Crippen LogP contribution in [0.2, 0.25) is 0 Å². The van der Waals surface area contributed by atoms with Crippen molar-refractivity contribution in [2.24, 2.45) is 0 Å². The van der Waals surface area contributed by atoms with E-state index in [2.05, 4.69) is 51.3 Å². The number of cyclic esters (lactones) is 1. The predicted molar refractivity (Wildman–Crippen MR) is 164 cm³/mol. The number of hydrogen-bond donors (Lipinski definition) is 0.